The van der Waals surface area contributed by atoms with Gasteiger partial charge in [0.2, 0.25) is 5.91 Å². The SMILES string of the molecule is CN(CC1CCOCC1)C(=O)CN1CCN(c2cccc3c2cnn3-c2ccccc2F)C1=O. The first kappa shape index (κ1) is 22.3. The number of fused-ring (bicyclic) bond motifs is 1. The van der Waals surface area contributed by atoms with E-state index in [-0.39, 0.29) is 24.3 Å². The van der Waals surface area contributed by atoms with Crippen molar-refractivity contribution in [2.45, 2.75) is 12.8 Å². The highest BCUT2D eigenvalue weighted by molar-refractivity contribution is 6.04. The molecule has 2 saturated heterocycles. The Morgan fingerprint density at radius 1 is 1.12 bits per heavy atom. The van der Waals surface area contributed by atoms with Gasteiger partial charge in [-0.15, -0.1) is 0 Å². The largest absolute Gasteiger partial charge is 0.381 e. The van der Waals surface area contributed by atoms with Crippen molar-refractivity contribution in [3.63, 3.8) is 0 Å². The van der Waals surface area contributed by atoms with E-state index in [0.29, 0.717) is 42.4 Å². The monoisotopic (exact) mass is 465 g/mol. The number of nitrogens with zero attached hydrogens (tertiary/aromatic N) is 5. The molecular formula is C25H28FN5O3. The number of carbonyl (C=O) groups is 2. The van der Waals surface area contributed by atoms with E-state index in [1.807, 2.05) is 18.2 Å². The number of halogens is 1. The van der Waals surface area contributed by atoms with Gasteiger partial charge in [-0.3, -0.25) is 9.69 Å². The molecule has 9 heteroatoms. The van der Waals surface area contributed by atoms with Crippen LogP contribution in [0.25, 0.3) is 16.6 Å². The number of rotatable bonds is 6. The summed E-state index contributed by atoms with van der Waals surface area (Å²) in [7, 11) is 1.80. The Labute approximate surface area is 197 Å². The van der Waals surface area contributed by atoms with Crippen LogP contribution in [-0.2, 0) is 9.53 Å². The van der Waals surface area contributed by atoms with Gasteiger partial charge in [0.25, 0.3) is 0 Å². The summed E-state index contributed by atoms with van der Waals surface area (Å²) in [4.78, 5) is 31.0. The number of hydrogen-bond acceptors (Lipinski definition) is 4. The second-order valence-electron chi connectivity index (χ2n) is 8.90. The van der Waals surface area contributed by atoms with Crippen molar-refractivity contribution >= 4 is 28.5 Å². The van der Waals surface area contributed by atoms with Crippen LogP contribution in [0, 0.1) is 11.7 Å². The van der Waals surface area contributed by atoms with Gasteiger partial charge in [0.1, 0.15) is 18.0 Å². The average Bonchev–Trinajstić information content (AvgIpc) is 3.44. The van der Waals surface area contributed by atoms with Crippen LogP contribution in [0.15, 0.2) is 48.7 Å². The molecule has 0 radical (unpaired) electrons. The molecule has 0 aliphatic carbocycles. The Balaban J connectivity index is 1.31. The molecule has 2 aliphatic rings. The lowest BCUT2D eigenvalue weighted by atomic mass is 10.00. The first-order valence-electron chi connectivity index (χ1n) is 11.6. The molecule has 0 bridgehead atoms. The predicted octanol–water partition coefficient (Wildman–Crippen LogP) is 3.29. The number of ether oxygens (including phenoxy) is 1. The summed E-state index contributed by atoms with van der Waals surface area (Å²) in [5.74, 6) is 0.00838. The molecule has 0 spiro atoms. The Morgan fingerprint density at radius 3 is 2.68 bits per heavy atom. The molecule has 178 valence electrons. The zero-order valence-corrected chi connectivity index (χ0v) is 19.2. The van der Waals surface area contributed by atoms with Crippen molar-refractivity contribution in [3.05, 3.63) is 54.5 Å². The van der Waals surface area contributed by atoms with Gasteiger partial charge in [-0.05, 0) is 43.0 Å². The fourth-order valence-electron chi connectivity index (χ4n) is 4.74. The smallest absolute Gasteiger partial charge is 0.325 e. The second-order valence-corrected chi connectivity index (χ2v) is 8.90. The number of hydrogen-bond donors (Lipinski definition) is 0. The number of benzene rings is 2. The number of para-hydroxylation sites is 1. The van der Waals surface area contributed by atoms with Gasteiger partial charge >= 0.3 is 6.03 Å². The highest BCUT2D eigenvalue weighted by atomic mass is 19.1. The number of carbonyl (C=O) groups excluding carboxylic acids is 2. The fourth-order valence-corrected chi connectivity index (χ4v) is 4.74. The molecule has 5 rings (SSSR count). The Bertz CT molecular complexity index is 1210. The molecule has 2 aromatic carbocycles. The van der Waals surface area contributed by atoms with E-state index in [9.17, 15) is 14.0 Å². The summed E-state index contributed by atoms with van der Waals surface area (Å²) in [6, 6.07) is 11.8. The molecular weight excluding hydrogens is 437 g/mol. The van der Waals surface area contributed by atoms with Gasteiger partial charge in [-0.2, -0.15) is 5.10 Å². The lowest BCUT2D eigenvalue weighted by Gasteiger charge is -2.28. The van der Waals surface area contributed by atoms with Crippen molar-refractivity contribution in [1.29, 1.82) is 0 Å². The fraction of sp³-hybridized carbons (Fsp3) is 0.400. The molecule has 3 amide bonds. The lowest BCUT2D eigenvalue weighted by molar-refractivity contribution is -0.131. The number of amides is 3. The third-order valence-electron chi connectivity index (χ3n) is 6.68. The van der Waals surface area contributed by atoms with Crippen LogP contribution < -0.4 is 4.90 Å². The van der Waals surface area contributed by atoms with Crippen LogP contribution in [0.1, 0.15) is 12.8 Å². The lowest BCUT2D eigenvalue weighted by Crippen LogP contribution is -2.42. The van der Waals surface area contributed by atoms with E-state index in [4.69, 9.17) is 4.74 Å². The maximum absolute atomic E-state index is 14.4. The summed E-state index contributed by atoms with van der Waals surface area (Å²) in [5.41, 5.74) is 1.76. The molecule has 8 nitrogen and oxygen atoms in total. The van der Waals surface area contributed by atoms with Crippen LogP contribution in [-0.4, -0.2) is 78.0 Å². The predicted molar refractivity (Wildman–Crippen MR) is 127 cm³/mol. The number of anilines is 1. The van der Waals surface area contributed by atoms with Crippen molar-refractivity contribution in [2.75, 3.05) is 51.3 Å². The molecule has 0 atom stereocenters. The molecule has 0 unspecified atom stereocenters. The maximum atomic E-state index is 14.4. The van der Waals surface area contributed by atoms with Crippen LogP contribution in [0.3, 0.4) is 0 Å². The molecule has 3 aromatic rings. The zero-order valence-electron chi connectivity index (χ0n) is 19.2. The summed E-state index contributed by atoms with van der Waals surface area (Å²) in [6.45, 7) is 3.16. The molecule has 3 heterocycles. The Hall–Kier alpha value is -3.46. The van der Waals surface area contributed by atoms with Crippen molar-refractivity contribution in [3.8, 4) is 5.69 Å². The molecule has 0 N–H and O–H groups in total. The quantitative estimate of drug-likeness (QED) is 0.560. The number of aromatic nitrogens is 2. The Morgan fingerprint density at radius 2 is 1.88 bits per heavy atom. The van der Waals surface area contributed by atoms with Gasteiger partial charge in [0.15, 0.2) is 0 Å². The van der Waals surface area contributed by atoms with Crippen molar-refractivity contribution < 1.29 is 18.7 Å². The molecule has 2 fully saturated rings. The van der Waals surface area contributed by atoms with Crippen molar-refractivity contribution in [1.82, 2.24) is 19.6 Å². The third-order valence-corrected chi connectivity index (χ3v) is 6.68. The second kappa shape index (κ2) is 9.42. The van der Waals surface area contributed by atoms with Gasteiger partial charge in [0, 0.05) is 45.3 Å². The highest BCUT2D eigenvalue weighted by Crippen LogP contribution is 2.31. The Kier molecular flexibility index (Phi) is 6.19. The van der Waals surface area contributed by atoms with Crippen molar-refractivity contribution in [2.24, 2.45) is 5.92 Å². The first-order chi connectivity index (χ1) is 16.5. The molecule has 34 heavy (non-hydrogen) atoms. The van der Waals surface area contributed by atoms with Gasteiger partial charge < -0.3 is 14.5 Å². The molecule has 1 aromatic heterocycles. The zero-order chi connectivity index (χ0) is 23.7. The third kappa shape index (κ3) is 4.23. The van der Waals surface area contributed by atoms with E-state index < -0.39 is 0 Å². The van der Waals surface area contributed by atoms with Gasteiger partial charge in [0.05, 0.1) is 17.4 Å². The molecule has 0 saturated carbocycles. The van der Waals surface area contributed by atoms with E-state index in [1.54, 1.807) is 50.8 Å². The van der Waals surface area contributed by atoms with Crippen LogP contribution in [0.2, 0.25) is 0 Å². The number of likely N-dealkylation sites (N-methyl/N-ethyl adjacent to an activating group) is 1. The van der Waals surface area contributed by atoms with Crippen LogP contribution >= 0.6 is 0 Å². The minimum atomic E-state index is -0.371. The van der Waals surface area contributed by atoms with E-state index in [0.717, 1.165) is 31.4 Å². The first-order valence-corrected chi connectivity index (χ1v) is 11.6. The van der Waals surface area contributed by atoms with Crippen LogP contribution in [0.4, 0.5) is 14.9 Å². The van der Waals surface area contributed by atoms with E-state index >= 15 is 0 Å². The van der Waals surface area contributed by atoms with Crippen LogP contribution in [0.5, 0.6) is 0 Å². The highest BCUT2D eigenvalue weighted by Gasteiger charge is 2.33. The summed E-state index contributed by atoms with van der Waals surface area (Å²) >= 11 is 0. The summed E-state index contributed by atoms with van der Waals surface area (Å²) in [5, 5.41) is 5.14. The summed E-state index contributed by atoms with van der Waals surface area (Å²) < 4.78 is 21.3. The van der Waals surface area contributed by atoms with Gasteiger partial charge in [-0.1, -0.05) is 18.2 Å². The minimum absolute atomic E-state index is 0.0551. The molecule has 2 aliphatic heterocycles. The topological polar surface area (TPSA) is 70.9 Å². The standard InChI is InChI=1S/C25H28FN5O3/c1-28(16-18-9-13-34-14-10-18)24(32)17-29-11-12-30(25(29)33)21-7-4-8-22-19(21)15-27-31(22)23-6-3-2-5-20(23)26/h2-8,15,18H,9-14,16-17H2,1H3. The minimum Gasteiger partial charge on any atom is -0.381 e. The summed E-state index contributed by atoms with van der Waals surface area (Å²) in [6.07, 6.45) is 3.57. The van der Waals surface area contributed by atoms with Gasteiger partial charge in [-0.25, -0.2) is 13.9 Å². The normalized spacial score (nSPS) is 17.1. The maximum Gasteiger partial charge on any atom is 0.325 e. The van der Waals surface area contributed by atoms with E-state index in [2.05, 4.69) is 5.10 Å². The van der Waals surface area contributed by atoms with E-state index in [1.165, 1.54) is 6.07 Å². The average molecular weight is 466 g/mol. The number of urea groups is 1.